The standard InChI is InChI=1S/C11H18O/c1-6-9-4-8-3-2-7(9)5-10(8)11(6)12/h6-12H,2-5H2,1H3. The maximum absolute atomic E-state index is 9.99. The highest BCUT2D eigenvalue weighted by molar-refractivity contribution is 5.02. The lowest BCUT2D eigenvalue weighted by molar-refractivity contribution is -0.139. The summed E-state index contributed by atoms with van der Waals surface area (Å²) >= 11 is 0. The van der Waals surface area contributed by atoms with Crippen LogP contribution in [-0.4, -0.2) is 11.2 Å². The van der Waals surface area contributed by atoms with Crippen LogP contribution in [-0.2, 0) is 0 Å². The van der Waals surface area contributed by atoms with Gasteiger partial charge in [-0.25, -0.2) is 0 Å². The molecule has 0 heterocycles. The normalized spacial score (nSPS) is 62.5. The van der Waals surface area contributed by atoms with E-state index in [2.05, 4.69) is 6.92 Å². The van der Waals surface area contributed by atoms with Gasteiger partial charge in [0.05, 0.1) is 6.10 Å². The van der Waals surface area contributed by atoms with Crippen LogP contribution >= 0.6 is 0 Å². The van der Waals surface area contributed by atoms with Crippen LogP contribution in [0.3, 0.4) is 0 Å². The second kappa shape index (κ2) is 2.25. The monoisotopic (exact) mass is 166 g/mol. The summed E-state index contributed by atoms with van der Waals surface area (Å²) in [5.74, 6) is 4.04. The first-order chi connectivity index (χ1) is 5.77. The predicted molar refractivity (Wildman–Crippen MR) is 47.6 cm³/mol. The fourth-order valence-electron chi connectivity index (χ4n) is 4.23. The van der Waals surface area contributed by atoms with Gasteiger partial charge in [0.1, 0.15) is 0 Å². The first-order valence-electron chi connectivity index (χ1n) is 5.45. The second-order valence-electron chi connectivity index (χ2n) is 5.25. The highest BCUT2D eigenvalue weighted by Gasteiger charge is 2.53. The Morgan fingerprint density at radius 2 is 1.58 bits per heavy atom. The lowest BCUT2D eigenvalue weighted by atomic mass is 9.49. The van der Waals surface area contributed by atoms with Gasteiger partial charge in [-0.15, -0.1) is 0 Å². The van der Waals surface area contributed by atoms with E-state index in [0.29, 0.717) is 11.8 Å². The molecule has 12 heavy (non-hydrogen) atoms. The Balaban J connectivity index is 1.95. The van der Waals surface area contributed by atoms with Crippen LogP contribution in [0, 0.1) is 29.6 Å². The number of hydrogen-bond acceptors (Lipinski definition) is 1. The molecule has 6 atom stereocenters. The lowest BCUT2D eigenvalue weighted by Gasteiger charge is -2.58. The first kappa shape index (κ1) is 7.37. The fraction of sp³-hybridized carbons (Fsp3) is 1.00. The predicted octanol–water partition coefficient (Wildman–Crippen LogP) is 2.05. The number of fused-ring (bicyclic) bond motifs is 2. The topological polar surface area (TPSA) is 20.2 Å². The van der Waals surface area contributed by atoms with E-state index in [4.69, 9.17) is 0 Å². The van der Waals surface area contributed by atoms with Crippen LogP contribution in [0.15, 0.2) is 0 Å². The Bertz CT molecular complexity index is 175. The van der Waals surface area contributed by atoms with Crippen LogP contribution in [0.4, 0.5) is 0 Å². The third-order valence-electron chi connectivity index (χ3n) is 4.92. The number of aliphatic hydroxyl groups is 1. The molecule has 5 aliphatic rings. The van der Waals surface area contributed by atoms with Gasteiger partial charge in [0, 0.05) is 0 Å². The summed E-state index contributed by atoms with van der Waals surface area (Å²) in [4.78, 5) is 0. The second-order valence-corrected chi connectivity index (χ2v) is 5.25. The molecule has 5 fully saturated rings. The number of hydrogen-bond donors (Lipinski definition) is 1. The van der Waals surface area contributed by atoms with Crippen molar-refractivity contribution < 1.29 is 5.11 Å². The summed E-state index contributed by atoms with van der Waals surface area (Å²) in [5, 5.41) is 9.99. The zero-order chi connectivity index (χ0) is 8.29. The summed E-state index contributed by atoms with van der Waals surface area (Å²) in [6, 6.07) is 0. The molecule has 0 aromatic carbocycles. The average Bonchev–Trinajstić information content (AvgIpc) is 2.14. The quantitative estimate of drug-likeness (QED) is 0.584. The van der Waals surface area contributed by atoms with E-state index in [1.807, 2.05) is 0 Å². The minimum atomic E-state index is 0.0466. The molecule has 5 saturated carbocycles. The Morgan fingerprint density at radius 3 is 2.08 bits per heavy atom. The zero-order valence-electron chi connectivity index (χ0n) is 7.74. The number of aliphatic hydroxyl groups excluding tert-OH is 1. The van der Waals surface area contributed by atoms with Crippen molar-refractivity contribution in [3.8, 4) is 0 Å². The smallest absolute Gasteiger partial charge is 0.0599 e. The van der Waals surface area contributed by atoms with Gasteiger partial charge >= 0.3 is 0 Å². The molecule has 6 unspecified atom stereocenters. The van der Waals surface area contributed by atoms with Crippen molar-refractivity contribution in [2.24, 2.45) is 29.6 Å². The minimum Gasteiger partial charge on any atom is -0.393 e. The van der Waals surface area contributed by atoms with Gasteiger partial charge in [0.15, 0.2) is 0 Å². The molecular weight excluding hydrogens is 148 g/mol. The van der Waals surface area contributed by atoms with Crippen LogP contribution < -0.4 is 0 Å². The Morgan fingerprint density at radius 1 is 1.00 bits per heavy atom. The molecule has 0 aromatic heterocycles. The Labute approximate surface area is 74.2 Å². The summed E-state index contributed by atoms with van der Waals surface area (Å²) in [7, 11) is 0. The molecule has 5 aliphatic carbocycles. The van der Waals surface area contributed by atoms with Crippen LogP contribution in [0.5, 0.6) is 0 Å². The molecule has 1 N–H and O–H groups in total. The first-order valence-corrected chi connectivity index (χ1v) is 5.45. The van der Waals surface area contributed by atoms with E-state index < -0.39 is 0 Å². The van der Waals surface area contributed by atoms with E-state index in [9.17, 15) is 5.11 Å². The molecule has 0 radical (unpaired) electrons. The van der Waals surface area contributed by atoms with Gasteiger partial charge in [-0.2, -0.15) is 0 Å². The van der Waals surface area contributed by atoms with Crippen molar-refractivity contribution in [3.05, 3.63) is 0 Å². The molecule has 4 bridgehead atoms. The maximum atomic E-state index is 9.99. The van der Waals surface area contributed by atoms with E-state index in [-0.39, 0.29) is 6.10 Å². The molecule has 0 spiro atoms. The van der Waals surface area contributed by atoms with Gasteiger partial charge in [0.2, 0.25) is 0 Å². The third kappa shape index (κ3) is 0.736. The summed E-state index contributed by atoms with van der Waals surface area (Å²) in [6.45, 7) is 2.26. The molecule has 68 valence electrons. The van der Waals surface area contributed by atoms with E-state index >= 15 is 0 Å². The highest BCUT2D eigenvalue weighted by Crippen LogP contribution is 2.57. The van der Waals surface area contributed by atoms with Crippen molar-refractivity contribution in [2.45, 2.75) is 38.7 Å². The number of rotatable bonds is 0. The van der Waals surface area contributed by atoms with Gasteiger partial charge < -0.3 is 5.11 Å². The summed E-state index contributed by atoms with van der Waals surface area (Å²) in [6.07, 6.45) is 5.71. The van der Waals surface area contributed by atoms with Crippen molar-refractivity contribution in [2.75, 3.05) is 0 Å². The van der Waals surface area contributed by atoms with Gasteiger partial charge in [-0.05, 0) is 55.3 Å². The van der Waals surface area contributed by atoms with E-state index in [1.165, 1.54) is 25.7 Å². The fourth-order valence-corrected chi connectivity index (χ4v) is 4.23. The third-order valence-corrected chi connectivity index (χ3v) is 4.92. The van der Waals surface area contributed by atoms with Gasteiger partial charge in [-0.1, -0.05) is 6.92 Å². The molecule has 0 saturated heterocycles. The molecule has 5 rings (SSSR count). The van der Waals surface area contributed by atoms with E-state index in [0.717, 1.165) is 17.8 Å². The average molecular weight is 166 g/mol. The largest absolute Gasteiger partial charge is 0.393 e. The van der Waals surface area contributed by atoms with E-state index in [1.54, 1.807) is 0 Å². The summed E-state index contributed by atoms with van der Waals surface area (Å²) < 4.78 is 0. The van der Waals surface area contributed by atoms with Crippen LogP contribution in [0.25, 0.3) is 0 Å². The SMILES string of the molecule is CC1C(O)C2CC3CCC2CC31. The van der Waals surface area contributed by atoms with Gasteiger partial charge in [0.25, 0.3) is 0 Å². The molecule has 1 heteroatoms. The van der Waals surface area contributed by atoms with Crippen molar-refractivity contribution in [1.29, 1.82) is 0 Å². The highest BCUT2D eigenvalue weighted by atomic mass is 16.3. The zero-order valence-corrected chi connectivity index (χ0v) is 7.74. The van der Waals surface area contributed by atoms with Crippen molar-refractivity contribution in [3.63, 3.8) is 0 Å². The molecule has 1 nitrogen and oxygen atoms in total. The lowest BCUT2D eigenvalue weighted by Crippen LogP contribution is -2.54. The van der Waals surface area contributed by atoms with Gasteiger partial charge in [-0.3, -0.25) is 0 Å². The minimum absolute atomic E-state index is 0.0466. The van der Waals surface area contributed by atoms with Crippen LogP contribution in [0.2, 0.25) is 0 Å². The molecule has 0 aromatic rings. The molecule has 0 aliphatic heterocycles. The summed E-state index contributed by atoms with van der Waals surface area (Å²) in [5.41, 5.74) is 0. The molecule has 0 amide bonds. The van der Waals surface area contributed by atoms with Crippen molar-refractivity contribution >= 4 is 0 Å². The van der Waals surface area contributed by atoms with Crippen LogP contribution in [0.1, 0.15) is 32.6 Å². The Kier molecular flexibility index (Phi) is 1.39. The molecular formula is C11H18O. The maximum Gasteiger partial charge on any atom is 0.0599 e. The van der Waals surface area contributed by atoms with Crippen molar-refractivity contribution in [1.82, 2.24) is 0 Å². The Hall–Kier alpha value is -0.0400.